The molecule has 1 heterocycles. The monoisotopic (exact) mass is 185 g/mol. The van der Waals surface area contributed by atoms with Crippen molar-refractivity contribution < 1.29 is 14.3 Å². The summed E-state index contributed by atoms with van der Waals surface area (Å²) in [6, 6.07) is 0. The van der Waals surface area contributed by atoms with E-state index in [4.69, 9.17) is 14.3 Å². The third kappa shape index (κ3) is 2.82. The quantitative estimate of drug-likeness (QED) is 0.742. The van der Waals surface area contributed by atoms with E-state index >= 15 is 0 Å². The van der Waals surface area contributed by atoms with Gasteiger partial charge >= 0.3 is 0 Å². The molecule has 1 unspecified atom stereocenters. The molecule has 13 heavy (non-hydrogen) atoms. The van der Waals surface area contributed by atoms with Crippen LogP contribution in [-0.4, -0.2) is 30.4 Å². The Kier molecular flexibility index (Phi) is 3.92. The Bertz CT molecular complexity index is 247. The molecular weight excluding hydrogens is 170 g/mol. The van der Waals surface area contributed by atoms with Crippen molar-refractivity contribution in [1.82, 2.24) is 4.98 Å². The number of aliphatic hydroxyl groups is 1. The van der Waals surface area contributed by atoms with Gasteiger partial charge in [-0.25, -0.2) is 4.98 Å². The molecule has 74 valence electrons. The highest BCUT2D eigenvalue weighted by Crippen LogP contribution is 2.13. The molecule has 0 amide bonds. The minimum absolute atomic E-state index is 0.0417. The van der Waals surface area contributed by atoms with E-state index in [9.17, 15) is 0 Å². The van der Waals surface area contributed by atoms with Gasteiger partial charge in [-0.3, -0.25) is 0 Å². The fraction of sp³-hybridized carbons (Fsp3) is 0.667. The molecule has 0 aliphatic carbocycles. The van der Waals surface area contributed by atoms with Gasteiger partial charge in [-0.1, -0.05) is 6.92 Å². The Morgan fingerprint density at radius 3 is 3.08 bits per heavy atom. The van der Waals surface area contributed by atoms with Gasteiger partial charge in [0.2, 0.25) is 0 Å². The third-order valence-electron chi connectivity index (χ3n) is 1.87. The molecule has 1 atom stereocenters. The van der Waals surface area contributed by atoms with Crippen molar-refractivity contribution in [3.8, 4) is 0 Å². The number of rotatable bonds is 5. The number of aliphatic hydroxyl groups excluding tert-OH is 1. The van der Waals surface area contributed by atoms with Gasteiger partial charge in [-0.15, -0.1) is 0 Å². The maximum atomic E-state index is 8.87. The molecule has 0 aromatic carbocycles. The fourth-order valence-corrected chi connectivity index (χ4v) is 0.949. The lowest BCUT2D eigenvalue weighted by atomic mass is 10.1. The van der Waals surface area contributed by atoms with Crippen LogP contribution in [0.1, 0.15) is 24.4 Å². The Morgan fingerprint density at radius 2 is 2.46 bits per heavy atom. The van der Waals surface area contributed by atoms with Crippen molar-refractivity contribution in [1.29, 1.82) is 0 Å². The molecule has 1 aromatic heterocycles. The summed E-state index contributed by atoms with van der Waals surface area (Å²) in [7, 11) is 1.64. The lowest BCUT2D eigenvalue weighted by Crippen LogP contribution is -2.00. The van der Waals surface area contributed by atoms with Gasteiger partial charge in [0.25, 0.3) is 0 Å². The van der Waals surface area contributed by atoms with Crippen LogP contribution in [0.3, 0.4) is 0 Å². The maximum Gasteiger partial charge on any atom is 0.196 e. The lowest BCUT2D eigenvalue weighted by Gasteiger charge is -2.00. The Hall–Kier alpha value is -0.870. The Balaban J connectivity index is 2.53. The molecule has 0 fully saturated rings. The Morgan fingerprint density at radius 1 is 1.69 bits per heavy atom. The summed E-state index contributed by atoms with van der Waals surface area (Å²) >= 11 is 0. The molecule has 1 N–H and O–H groups in total. The van der Waals surface area contributed by atoms with Gasteiger partial charge in [-0.2, -0.15) is 0 Å². The molecule has 0 aliphatic heterocycles. The van der Waals surface area contributed by atoms with Gasteiger partial charge in [0.1, 0.15) is 6.26 Å². The first-order valence-electron chi connectivity index (χ1n) is 4.32. The van der Waals surface area contributed by atoms with Gasteiger partial charge in [0.15, 0.2) is 5.89 Å². The van der Waals surface area contributed by atoms with E-state index in [0.29, 0.717) is 18.9 Å². The van der Waals surface area contributed by atoms with Gasteiger partial charge in [0.05, 0.1) is 18.9 Å². The van der Waals surface area contributed by atoms with E-state index in [2.05, 4.69) is 4.98 Å². The summed E-state index contributed by atoms with van der Waals surface area (Å²) in [4.78, 5) is 4.21. The molecule has 4 heteroatoms. The smallest absolute Gasteiger partial charge is 0.196 e. The highest BCUT2D eigenvalue weighted by Gasteiger charge is 2.09. The van der Waals surface area contributed by atoms with E-state index in [1.54, 1.807) is 13.4 Å². The van der Waals surface area contributed by atoms with E-state index in [1.165, 1.54) is 0 Å². The zero-order valence-corrected chi connectivity index (χ0v) is 7.99. The van der Waals surface area contributed by atoms with Crippen LogP contribution >= 0.6 is 0 Å². The van der Waals surface area contributed by atoms with Crippen LogP contribution in [0.2, 0.25) is 0 Å². The second-order valence-corrected chi connectivity index (χ2v) is 2.99. The molecule has 4 nitrogen and oxygen atoms in total. The minimum Gasteiger partial charge on any atom is -0.449 e. The molecule has 0 saturated heterocycles. The van der Waals surface area contributed by atoms with Crippen LogP contribution in [0.4, 0.5) is 0 Å². The number of hydrogen-bond acceptors (Lipinski definition) is 4. The predicted molar refractivity (Wildman–Crippen MR) is 47.6 cm³/mol. The topological polar surface area (TPSA) is 55.5 Å². The number of methoxy groups -OCH3 is 1. The number of hydrogen-bond donors (Lipinski definition) is 1. The Labute approximate surface area is 77.5 Å². The third-order valence-corrected chi connectivity index (χ3v) is 1.87. The van der Waals surface area contributed by atoms with Crippen LogP contribution in [0.15, 0.2) is 10.7 Å². The summed E-state index contributed by atoms with van der Waals surface area (Å²) in [6.45, 7) is 2.60. The minimum atomic E-state index is 0.0417. The van der Waals surface area contributed by atoms with E-state index in [-0.39, 0.29) is 12.5 Å². The molecule has 0 saturated carbocycles. The van der Waals surface area contributed by atoms with Crippen LogP contribution in [0, 0.1) is 0 Å². The van der Waals surface area contributed by atoms with E-state index < -0.39 is 0 Å². The summed E-state index contributed by atoms with van der Waals surface area (Å²) in [6.07, 6.45) is 2.26. The number of oxazole rings is 1. The van der Waals surface area contributed by atoms with Gasteiger partial charge < -0.3 is 14.3 Å². The highest BCUT2D eigenvalue weighted by molar-refractivity contribution is 5.02. The highest BCUT2D eigenvalue weighted by atomic mass is 16.5. The van der Waals surface area contributed by atoms with Gasteiger partial charge in [0, 0.05) is 19.4 Å². The molecule has 1 rings (SSSR count). The summed E-state index contributed by atoms with van der Waals surface area (Å²) in [5.41, 5.74) is 0.800. The fourth-order valence-electron chi connectivity index (χ4n) is 0.949. The zero-order chi connectivity index (χ0) is 9.68. The largest absolute Gasteiger partial charge is 0.449 e. The number of ether oxygens (including phenoxy) is 1. The standard InChI is InChI=1S/C9H15NO3/c1-7(5-11)8-6-13-9(10-8)3-4-12-2/h6-7,11H,3-5H2,1-2H3. The van der Waals surface area contributed by atoms with Crippen molar-refractivity contribution in [3.63, 3.8) is 0 Å². The second kappa shape index (κ2) is 4.99. The van der Waals surface area contributed by atoms with Crippen molar-refractivity contribution in [2.24, 2.45) is 0 Å². The average Bonchev–Trinajstić information content (AvgIpc) is 2.62. The summed E-state index contributed by atoms with van der Waals surface area (Å²) in [5.74, 6) is 0.706. The van der Waals surface area contributed by atoms with Crippen molar-refractivity contribution in [2.75, 3.05) is 20.3 Å². The number of nitrogens with zero attached hydrogens (tertiary/aromatic N) is 1. The molecule has 1 aromatic rings. The van der Waals surface area contributed by atoms with Crippen LogP contribution in [0.5, 0.6) is 0 Å². The molecular formula is C9H15NO3. The second-order valence-electron chi connectivity index (χ2n) is 2.99. The first-order chi connectivity index (χ1) is 6.27. The normalized spacial score (nSPS) is 13.2. The van der Waals surface area contributed by atoms with Crippen LogP contribution in [-0.2, 0) is 11.2 Å². The van der Waals surface area contributed by atoms with Crippen LogP contribution in [0.25, 0.3) is 0 Å². The molecule has 0 aliphatic rings. The predicted octanol–water partition coefficient (Wildman–Crippen LogP) is 0.959. The first-order valence-corrected chi connectivity index (χ1v) is 4.32. The van der Waals surface area contributed by atoms with Crippen LogP contribution < -0.4 is 0 Å². The van der Waals surface area contributed by atoms with E-state index in [0.717, 1.165) is 5.69 Å². The molecule has 0 spiro atoms. The lowest BCUT2D eigenvalue weighted by molar-refractivity contribution is 0.195. The van der Waals surface area contributed by atoms with Crippen molar-refractivity contribution in [2.45, 2.75) is 19.3 Å². The van der Waals surface area contributed by atoms with Crippen molar-refractivity contribution >= 4 is 0 Å². The molecule has 0 bridgehead atoms. The number of aromatic nitrogens is 1. The SMILES string of the molecule is COCCc1nc(C(C)CO)co1. The zero-order valence-electron chi connectivity index (χ0n) is 7.99. The maximum absolute atomic E-state index is 8.87. The van der Waals surface area contributed by atoms with Crippen molar-refractivity contribution in [3.05, 3.63) is 17.8 Å². The summed E-state index contributed by atoms with van der Waals surface area (Å²) in [5, 5.41) is 8.87. The molecule has 0 radical (unpaired) electrons. The van der Waals surface area contributed by atoms with Gasteiger partial charge in [-0.05, 0) is 0 Å². The first kappa shape index (κ1) is 10.2. The average molecular weight is 185 g/mol. The summed E-state index contributed by atoms with van der Waals surface area (Å²) < 4.78 is 10.1. The van der Waals surface area contributed by atoms with E-state index in [1.807, 2.05) is 6.92 Å².